The Morgan fingerprint density at radius 3 is 1.86 bits per heavy atom. The molecule has 0 aromatic heterocycles. The lowest BCUT2D eigenvalue weighted by atomic mass is 10.0. The number of rotatable bonds is 9. The maximum Gasteiger partial charge on any atom is 0.338 e. The van der Waals surface area contributed by atoms with Gasteiger partial charge in [-0.05, 0) is 56.2 Å². The minimum Gasteiger partial charge on any atom is -0.467 e. The molecule has 2 aromatic carbocycles. The Morgan fingerprint density at radius 1 is 0.857 bits per heavy atom. The number of ether oxygens (including phenoxy) is 2. The van der Waals surface area contributed by atoms with Crippen LogP contribution in [0, 0.1) is 5.82 Å². The highest BCUT2D eigenvalue weighted by Crippen LogP contribution is 2.14. The van der Waals surface area contributed by atoms with E-state index in [2.05, 4.69) is 10.6 Å². The van der Waals surface area contributed by atoms with Gasteiger partial charge in [0.2, 0.25) is 11.8 Å². The Kier molecular flexibility index (Phi) is 9.50. The van der Waals surface area contributed by atoms with Gasteiger partial charge >= 0.3 is 11.9 Å². The summed E-state index contributed by atoms with van der Waals surface area (Å²) in [4.78, 5) is 49.2. The minimum atomic E-state index is -1.04. The summed E-state index contributed by atoms with van der Waals surface area (Å²) >= 11 is 0. The normalized spacial score (nSPS) is 12.7. The fourth-order valence-corrected chi connectivity index (χ4v) is 3.27. The number of halogens is 1. The van der Waals surface area contributed by atoms with Gasteiger partial charge in [-0.2, -0.15) is 0 Å². The topological polar surface area (TPSA) is 111 Å². The van der Waals surface area contributed by atoms with Crippen molar-refractivity contribution < 1.29 is 33.0 Å². The second-order valence-electron chi connectivity index (χ2n) is 9.07. The van der Waals surface area contributed by atoms with Crippen molar-refractivity contribution in [3.05, 3.63) is 71.0 Å². The number of methoxy groups -OCH3 is 1. The molecule has 0 saturated heterocycles. The molecule has 0 radical (unpaired) electrons. The van der Waals surface area contributed by atoms with Crippen LogP contribution in [-0.4, -0.2) is 48.5 Å². The molecule has 35 heavy (non-hydrogen) atoms. The lowest BCUT2D eigenvalue weighted by Gasteiger charge is -2.22. The molecule has 0 aliphatic carbocycles. The van der Waals surface area contributed by atoms with E-state index in [1.165, 1.54) is 38.3 Å². The maximum atomic E-state index is 13.2. The van der Waals surface area contributed by atoms with Crippen LogP contribution in [0.15, 0.2) is 48.5 Å². The summed E-state index contributed by atoms with van der Waals surface area (Å²) in [6.07, 6.45) is 0.195. The molecule has 188 valence electrons. The van der Waals surface area contributed by atoms with Crippen LogP contribution in [-0.2, 0) is 36.7 Å². The highest BCUT2D eigenvalue weighted by atomic mass is 19.1. The average molecular weight is 487 g/mol. The molecular weight excluding hydrogens is 455 g/mol. The van der Waals surface area contributed by atoms with Crippen LogP contribution < -0.4 is 10.6 Å². The Bertz CT molecular complexity index is 1050. The van der Waals surface area contributed by atoms with Crippen molar-refractivity contribution in [2.45, 2.75) is 58.2 Å². The average Bonchev–Trinajstić information content (AvgIpc) is 2.78. The Balaban J connectivity index is 2.14. The molecule has 2 aromatic rings. The summed E-state index contributed by atoms with van der Waals surface area (Å²) < 4.78 is 23.4. The molecule has 8 nitrogen and oxygen atoms in total. The number of carbonyl (C=O) groups excluding carboxylic acids is 4. The summed E-state index contributed by atoms with van der Waals surface area (Å²) in [6.45, 7) is 6.59. The summed E-state index contributed by atoms with van der Waals surface area (Å²) in [5, 5.41) is 5.19. The second-order valence-corrected chi connectivity index (χ2v) is 9.07. The molecule has 9 heteroatoms. The van der Waals surface area contributed by atoms with Gasteiger partial charge in [0, 0.05) is 19.8 Å². The number of benzene rings is 2. The highest BCUT2D eigenvalue weighted by Gasteiger charge is 2.27. The standard InChI is InChI=1S/C26H31FN2O6/c1-16(30)28-21(14-18-8-12-20(27)13-9-18)23(31)29-22(25(33)34-5)15-17-6-10-19(11-7-17)24(32)35-26(2,3)4/h6-13,21-22H,14-15H2,1-5H3,(H,28,30)(H,29,31)/t21-,22-/m0/s1. The van der Waals surface area contributed by atoms with Crippen LogP contribution >= 0.6 is 0 Å². The summed E-state index contributed by atoms with van der Waals surface area (Å²) in [6, 6.07) is 10.00. The predicted molar refractivity (Wildman–Crippen MR) is 127 cm³/mol. The molecule has 2 rings (SSSR count). The van der Waals surface area contributed by atoms with E-state index in [-0.39, 0.29) is 12.8 Å². The molecular formula is C26H31FN2O6. The van der Waals surface area contributed by atoms with Crippen LogP contribution in [0.3, 0.4) is 0 Å². The van der Waals surface area contributed by atoms with Crippen LogP contribution in [0.5, 0.6) is 0 Å². The van der Waals surface area contributed by atoms with Crippen molar-refractivity contribution in [2.24, 2.45) is 0 Å². The van der Waals surface area contributed by atoms with E-state index < -0.39 is 47.3 Å². The number of esters is 2. The number of nitrogens with one attached hydrogen (secondary N) is 2. The van der Waals surface area contributed by atoms with Gasteiger partial charge in [0.15, 0.2) is 0 Å². The Hall–Kier alpha value is -3.75. The van der Waals surface area contributed by atoms with E-state index in [1.54, 1.807) is 45.0 Å². The third kappa shape index (κ3) is 9.19. The van der Waals surface area contributed by atoms with Gasteiger partial charge in [0.25, 0.3) is 0 Å². The van der Waals surface area contributed by atoms with E-state index in [0.717, 1.165) is 0 Å². The molecule has 0 heterocycles. The SMILES string of the molecule is COC(=O)[C@H](Cc1ccc(C(=O)OC(C)(C)C)cc1)NC(=O)[C@H](Cc1ccc(F)cc1)NC(C)=O. The number of carbonyl (C=O) groups is 4. The van der Waals surface area contributed by atoms with Crippen molar-refractivity contribution in [1.82, 2.24) is 10.6 Å². The third-order valence-electron chi connectivity index (χ3n) is 4.88. The first-order valence-corrected chi connectivity index (χ1v) is 11.1. The summed E-state index contributed by atoms with van der Waals surface area (Å²) in [5.41, 5.74) is 1.02. The van der Waals surface area contributed by atoms with Crippen LogP contribution in [0.2, 0.25) is 0 Å². The molecule has 0 aliphatic heterocycles. The molecule has 0 unspecified atom stereocenters. The molecule has 2 atom stereocenters. The Morgan fingerprint density at radius 2 is 1.37 bits per heavy atom. The maximum absolute atomic E-state index is 13.2. The van der Waals surface area contributed by atoms with Gasteiger partial charge in [-0.3, -0.25) is 9.59 Å². The van der Waals surface area contributed by atoms with Crippen LogP contribution in [0.4, 0.5) is 4.39 Å². The van der Waals surface area contributed by atoms with Crippen molar-refractivity contribution in [3.8, 4) is 0 Å². The van der Waals surface area contributed by atoms with Crippen molar-refractivity contribution in [2.75, 3.05) is 7.11 Å². The fourth-order valence-electron chi connectivity index (χ4n) is 3.27. The van der Waals surface area contributed by atoms with Gasteiger partial charge < -0.3 is 20.1 Å². The van der Waals surface area contributed by atoms with E-state index in [1.807, 2.05) is 0 Å². The van der Waals surface area contributed by atoms with Gasteiger partial charge in [-0.1, -0.05) is 24.3 Å². The molecule has 0 saturated carbocycles. The van der Waals surface area contributed by atoms with Crippen molar-refractivity contribution in [1.29, 1.82) is 0 Å². The summed E-state index contributed by atoms with van der Waals surface area (Å²) in [5.74, 6) is -2.58. The molecule has 2 amide bonds. The number of hydrogen-bond donors (Lipinski definition) is 2. The first kappa shape index (κ1) is 27.5. The fraction of sp³-hybridized carbons (Fsp3) is 0.385. The van der Waals surface area contributed by atoms with Crippen LogP contribution in [0.25, 0.3) is 0 Å². The third-order valence-corrected chi connectivity index (χ3v) is 4.88. The van der Waals surface area contributed by atoms with E-state index in [9.17, 15) is 23.6 Å². The quantitative estimate of drug-likeness (QED) is 0.528. The van der Waals surface area contributed by atoms with Gasteiger partial charge in [-0.15, -0.1) is 0 Å². The first-order chi connectivity index (χ1) is 16.4. The largest absolute Gasteiger partial charge is 0.467 e. The van der Waals surface area contributed by atoms with Gasteiger partial charge in [0.1, 0.15) is 23.5 Å². The Labute approximate surface area is 204 Å². The molecule has 2 N–H and O–H groups in total. The second kappa shape index (κ2) is 12.1. The van der Waals surface area contributed by atoms with Gasteiger partial charge in [0.05, 0.1) is 12.7 Å². The predicted octanol–water partition coefficient (Wildman–Crippen LogP) is 2.73. The zero-order chi connectivity index (χ0) is 26.2. The van der Waals surface area contributed by atoms with Gasteiger partial charge in [-0.25, -0.2) is 14.0 Å². The number of hydrogen-bond acceptors (Lipinski definition) is 6. The smallest absolute Gasteiger partial charge is 0.338 e. The summed E-state index contributed by atoms with van der Waals surface area (Å²) in [7, 11) is 1.21. The van der Waals surface area contributed by atoms with E-state index in [4.69, 9.17) is 9.47 Å². The minimum absolute atomic E-state index is 0.0936. The zero-order valence-corrected chi connectivity index (χ0v) is 20.5. The lowest BCUT2D eigenvalue weighted by molar-refractivity contribution is -0.145. The monoisotopic (exact) mass is 486 g/mol. The van der Waals surface area contributed by atoms with Crippen molar-refractivity contribution in [3.63, 3.8) is 0 Å². The molecule has 0 aliphatic rings. The van der Waals surface area contributed by atoms with E-state index in [0.29, 0.717) is 16.7 Å². The number of amides is 2. The van der Waals surface area contributed by atoms with E-state index >= 15 is 0 Å². The highest BCUT2D eigenvalue weighted by molar-refractivity contribution is 5.91. The van der Waals surface area contributed by atoms with Crippen LogP contribution in [0.1, 0.15) is 49.2 Å². The lowest BCUT2D eigenvalue weighted by Crippen LogP contribution is -2.53. The molecule has 0 fully saturated rings. The molecule has 0 bridgehead atoms. The molecule has 0 spiro atoms. The zero-order valence-electron chi connectivity index (χ0n) is 20.5. The first-order valence-electron chi connectivity index (χ1n) is 11.1. The van der Waals surface area contributed by atoms with Crippen molar-refractivity contribution >= 4 is 23.8 Å².